The van der Waals surface area contributed by atoms with Crippen molar-refractivity contribution in [2.45, 2.75) is 13.3 Å². The minimum atomic E-state index is 0. The molecule has 0 heterocycles. The van der Waals surface area contributed by atoms with Gasteiger partial charge in [-0.1, -0.05) is 6.92 Å². The molecule has 0 N–H and O–H groups in total. The van der Waals surface area contributed by atoms with Crippen molar-refractivity contribution < 1.29 is 45.1 Å². The minimum absolute atomic E-state index is 0. The van der Waals surface area contributed by atoms with Crippen molar-refractivity contribution in [3.8, 4) is 0 Å². The summed E-state index contributed by atoms with van der Waals surface area (Å²) in [7, 11) is 1.68. The third-order valence-corrected chi connectivity index (χ3v) is 0.780. The van der Waals surface area contributed by atoms with Crippen LogP contribution in [0.3, 0.4) is 0 Å². The van der Waals surface area contributed by atoms with E-state index in [9.17, 15) is 0 Å². The van der Waals surface area contributed by atoms with E-state index in [2.05, 4.69) is 6.92 Å². The zero-order chi connectivity index (χ0) is 6.24. The summed E-state index contributed by atoms with van der Waals surface area (Å²) in [5.74, 6) is 0. The maximum atomic E-state index is 5.10. The largest absolute Gasteiger partial charge is 0.382 e. The van der Waals surface area contributed by atoms with E-state index in [0.717, 1.165) is 19.6 Å². The van der Waals surface area contributed by atoms with Gasteiger partial charge in [0.05, 0.1) is 13.2 Å². The predicted molar refractivity (Wildman–Crippen MR) is 33.0 cm³/mol. The van der Waals surface area contributed by atoms with Crippen LogP contribution >= 0.6 is 0 Å². The fourth-order valence-corrected chi connectivity index (χ4v) is 0.389. The van der Waals surface area contributed by atoms with Crippen molar-refractivity contribution in [1.29, 1.82) is 0 Å². The topological polar surface area (TPSA) is 18.5 Å². The van der Waals surface area contributed by atoms with Gasteiger partial charge in [-0.15, -0.1) is 0 Å². The number of methoxy groups -OCH3 is 1. The van der Waals surface area contributed by atoms with Crippen molar-refractivity contribution in [3.05, 3.63) is 0 Å². The maximum absolute atomic E-state index is 5.10. The first-order chi connectivity index (χ1) is 3.91. The SMILES string of the molecule is CCCOCCOC.[La]. The molecule has 0 aromatic heterocycles. The summed E-state index contributed by atoms with van der Waals surface area (Å²) in [5.41, 5.74) is 0. The van der Waals surface area contributed by atoms with Crippen LogP contribution in [0.5, 0.6) is 0 Å². The van der Waals surface area contributed by atoms with E-state index in [1.54, 1.807) is 7.11 Å². The Kier molecular flexibility index (Phi) is 16.8. The van der Waals surface area contributed by atoms with Gasteiger partial charge in [0.15, 0.2) is 0 Å². The van der Waals surface area contributed by atoms with Crippen molar-refractivity contribution >= 4 is 0 Å². The van der Waals surface area contributed by atoms with Gasteiger partial charge in [0, 0.05) is 49.3 Å². The Morgan fingerprint density at radius 1 is 1.11 bits per heavy atom. The average Bonchev–Trinajstić information content (AvgIpc) is 1.81. The molecule has 0 bridgehead atoms. The first kappa shape index (κ1) is 12.8. The van der Waals surface area contributed by atoms with Crippen molar-refractivity contribution in [1.82, 2.24) is 0 Å². The predicted octanol–water partition coefficient (Wildman–Crippen LogP) is 1.06. The molecule has 1 radical (unpaired) electrons. The third kappa shape index (κ3) is 12.3. The molecule has 0 aromatic carbocycles. The summed E-state index contributed by atoms with van der Waals surface area (Å²) in [6, 6.07) is 0. The van der Waals surface area contributed by atoms with E-state index in [0.29, 0.717) is 6.61 Å². The molecular weight excluding hydrogens is 243 g/mol. The molecule has 0 aromatic rings. The number of hydrogen-bond acceptors (Lipinski definition) is 2. The molecule has 9 heavy (non-hydrogen) atoms. The second kappa shape index (κ2) is 11.9. The number of hydrogen-bond donors (Lipinski definition) is 0. The van der Waals surface area contributed by atoms with Gasteiger partial charge in [0.1, 0.15) is 0 Å². The van der Waals surface area contributed by atoms with Crippen molar-refractivity contribution in [2.24, 2.45) is 0 Å². The molecule has 0 spiro atoms. The Morgan fingerprint density at radius 3 is 2.22 bits per heavy atom. The van der Waals surface area contributed by atoms with E-state index in [-0.39, 0.29) is 35.6 Å². The van der Waals surface area contributed by atoms with Crippen LogP contribution < -0.4 is 0 Å². The smallest absolute Gasteiger partial charge is 0.0700 e. The number of rotatable bonds is 5. The second-order valence-electron chi connectivity index (χ2n) is 1.61. The van der Waals surface area contributed by atoms with Crippen LogP contribution in [0.15, 0.2) is 0 Å². The first-order valence-electron chi connectivity index (χ1n) is 2.98. The third-order valence-electron chi connectivity index (χ3n) is 0.780. The Bertz CT molecular complexity index is 36.0. The van der Waals surface area contributed by atoms with Crippen LogP contribution in [0.1, 0.15) is 13.3 Å². The Balaban J connectivity index is 0. The Labute approximate surface area is 84.9 Å². The van der Waals surface area contributed by atoms with Gasteiger partial charge in [0.25, 0.3) is 0 Å². The molecule has 0 saturated carbocycles. The minimum Gasteiger partial charge on any atom is -0.382 e. The quantitative estimate of drug-likeness (QED) is 0.685. The zero-order valence-electron chi connectivity index (χ0n) is 6.22. The molecule has 0 unspecified atom stereocenters. The van der Waals surface area contributed by atoms with Gasteiger partial charge in [-0.25, -0.2) is 0 Å². The molecule has 2 nitrogen and oxygen atoms in total. The normalized spacial score (nSPS) is 8.67. The fraction of sp³-hybridized carbons (Fsp3) is 1.00. The van der Waals surface area contributed by atoms with Crippen LogP contribution in [0, 0.1) is 35.6 Å². The van der Waals surface area contributed by atoms with E-state index in [4.69, 9.17) is 9.47 Å². The van der Waals surface area contributed by atoms with E-state index >= 15 is 0 Å². The summed E-state index contributed by atoms with van der Waals surface area (Å²) in [5, 5.41) is 0. The van der Waals surface area contributed by atoms with Gasteiger partial charge in [0.2, 0.25) is 0 Å². The number of ether oxygens (including phenoxy) is 2. The molecule has 53 valence electrons. The van der Waals surface area contributed by atoms with Crippen molar-refractivity contribution in [2.75, 3.05) is 26.9 Å². The van der Waals surface area contributed by atoms with Crippen LogP contribution in [0.4, 0.5) is 0 Å². The van der Waals surface area contributed by atoms with Crippen LogP contribution in [-0.2, 0) is 9.47 Å². The first-order valence-corrected chi connectivity index (χ1v) is 2.98. The molecule has 0 aliphatic rings. The van der Waals surface area contributed by atoms with E-state index in [1.165, 1.54) is 0 Å². The monoisotopic (exact) mass is 257 g/mol. The summed E-state index contributed by atoms with van der Waals surface area (Å²) in [6.07, 6.45) is 1.09. The Morgan fingerprint density at radius 2 is 1.78 bits per heavy atom. The van der Waals surface area contributed by atoms with Crippen LogP contribution in [0.2, 0.25) is 0 Å². The van der Waals surface area contributed by atoms with Crippen molar-refractivity contribution in [3.63, 3.8) is 0 Å². The molecule has 0 amide bonds. The standard InChI is InChI=1S/C6H14O2.La/c1-3-4-8-6-5-7-2;/h3-6H2,1-2H3;. The average molecular weight is 257 g/mol. The van der Waals surface area contributed by atoms with Crippen LogP contribution in [-0.4, -0.2) is 26.9 Å². The molecule has 0 saturated heterocycles. The van der Waals surface area contributed by atoms with Gasteiger partial charge >= 0.3 is 0 Å². The van der Waals surface area contributed by atoms with Gasteiger partial charge in [-0.2, -0.15) is 0 Å². The van der Waals surface area contributed by atoms with E-state index in [1.807, 2.05) is 0 Å². The Hall–Kier alpha value is 1.11. The molecule has 0 fully saturated rings. The van der Waals surface area contributed by atoms with Gasteiger partial charge in [-0.3, -0.25) is 0 Å². The van der Waals surface area contributed by atoms with Crippen LogP contribution in [0.25, 0.3) is 0 Å². The van der Waals surface area contributed by atoms with Gasteiger partial charge in [-0.05, 0) is 6.42 Å². The zero-order valence-corrected chi connectivity index (χ0v) is 9.85. The molecule has 3 heteroatoms. The van der Waals surface area contributed by atoms with E-state index < -0.39 is 0 Å². The molecule has 0 atom stereocenters. The second-order valence-corrected chi connectivity index (χ2v) is 1.61. The van der Waals surface area contributed by atoms with Gasteiger partial charge < -0.3 is 9.47 Å². The maximum Gasteiger partial charge on any atom is 0.0700 e. The molecular formula is C6H14LaO2. The fourth-order valence-electron chi connectivity index (χ4n) is 0.389. The summed E-state index contributed by atoms with van der Waals surface area (Å²) < 4.78 is 9.86. The molecule has 0 rings (SSSR count). The molecule has 0 aliphatic carbocycles. The summed E-state index contributed by atoms with van der Waals surface area (Å²) in [4.78, 5) is 0. The summed E-state index contributed by atoms with van der Waals surface area (Å²) in [6.45, 7) is 4.38. The molecule has 0 aliphatic heterocycles. The summed E-state index contributed by atoms with van der Waals surface area (Å²) >= 11 is 0.